The molecule has 0 aliphatic heterocycles. The monoisotopic (exact) mass is 180 g/mol. The minimum Gasteiger partial charge on any atom is -0.386 e. The molecular weight excluding hydrogens is 160 g/mol. The summed E-state index contributed by atoms with van der Waals surface area (Å²) >= 11 is 0. The first kappa shape index (κ1) is 9.26. The number of rotatable bonds is 2. The van der Waals surface area contributed by atoms with Crippen LogP contribution < -0.4 is 0 Å². The van der Waals surface area contributed by atoms with Gasteiger partial charge in [-0.15, -0.1) is 6.58 Å². The van der Waals surface area contributed by atoms with Crippen LogP contribution >= 0.6 is 0 Å². The molecule has 2 aliphatic carbocycles. The second-order valence-electron chi connectivity index (χ2n) is 4.74. The molecule has 74 valence electrons. The number of hydrogen-bond acceptors (Lipinski definition) is 1. The van der Waals surface area contributed by atoms with Gasteiger partial charge in [-0.2, -0.15) is 0 Å². The van der Waals surface area contributed by atoms with Crippen molar-refractivity contribution < 1.29 is 5.11 Å². The van der Waals surface area contributed by atoms with Crippen LogP contribution in [0.4, 0.5) is 0 Å². The molecular formula is C12H20O. The van der Waals surface area contributed by atoms with E-state index < -0.39 is 5.60 Å². The second-order valence-corrected chi connectivity index (χ2v) is 4.74. The Bertz CT molecular complexity index is 193. The van der Waals surface area contributed by atoms with Crippen LogP contribution in [0.2, 0.25) is 0 Å². The van der Waals surface area contributed by atoms with E-state index >= 15 is 0 Å². The molecule has 2 unspecified atom stereocenters. The molecule has 1 heteroatoms. The molecule has 2 aliphatic rings. The highest BCUT2D eigenvalue weighted by Crippen LogP contribution is 2.46. The molecule has 0 aromatic carbocycles. The van der Waals surface area contributed by atoms with Gasteiger partial charge in [-0.3, -0.25) is 0 Å². The summed E-state index contributed by atoms with van der Waals surface area (Å²) in [6.07, 6.45) is 10.5. The summed E-state index contributed by atoms with van der Waals surface area (Å²) in [6, 6.07) is 0. The topological polar surface area (TPSA) is 20.2 Å². The maximum Gasteiger partial charge on any atom is 0.0855 e. The summed E-state index contributed by atoms with van der Waals surface area (Å²) in [5, 5.41) is 10.3. The Kier molecular flexibility index (Phi) is 2.46. The maximum atomic E-state index is 10.3. The van der Waals surface area contributed by atoms with Crippen molar-refractivity contribution in [1.82, 2.24) is 0 Å². The van der Waals surface area contributed by atoms with E-state index in [1.807, 2.05) is 0 Å². The number of hydrogen-bond donors (Lipinski definition) is 1. The Hall–Kier alpha value is -0.300. The normalized spacial score (nSPS) is 41.2. The first-order valence-electron chi connectivity index (χ1n) is 5.62. The van der Waals surface area contributed by atoms with Crippen LogP contribution in [-0.4, -0.2) is 10.7 Å². The van der Waals surface area contributed by atoms with Gasteiger partial charge in [0.1, 0.15) is 0 Å². The van der Waals surface area contributed by atoms with E-state index in [9.17, 15) is 5.11 Å². The van der Waals surface area contributed by atoms with Gasteiger partial charge in [-0.05, 0) is 31.1 Å². The highest BCUT2D eigenvalue weighted by Gasteiger charge is 2.43. The largest absolute Gasteiger partial charge is 0.386 e. The molecule has 1 N–H and O–H groups in total. The first-order valence-corrected chi connectivity index (χ1v) is 5.62. The average molecular weight is 180 g/mol. The summed E-state index contributed by atoms with van der Waals surface area (Å²) in [4.78, 5) is 0. The quantitative estimate of drug-likeness (QED) is 0.648. The Morgan fingerprint density at radius 1 is 1.15 bits per heavy atom. The molecule has 1 nitrogen and oxygen atoms in total. The molecule has 2 atom stereocenters. The number of aliphatic hydroxyl groups is 1. The second kappa shape index (κ2) is 3.45. The molecule has 2 saturated carbocycles. The molecule has 0 bridgehead atoms. The molecule has 2 fully saturated rings. The zero-order valence-electron chi connectivity index (χ0n) is 8.34. The van der Waals surface area contributed by atoms with Crippen LogP contribution in [-0.2, 0) is 0 Å². The van der Waals surface area contributed by atoms with Crippen LogP contribution in [0.15, 0.2) is 12.7 Å². The Morgan fingerprint density at radius 2 is 1.85 bits per heavy atom. The summed E-state index contributed by atoms with van der Waals surface area (Å²) in [6.45, 7) is 3.79. The molecule has 0 amide bonds. The third-order valence-corrected chi connectivity index (χ3v) is 4.06. The third kappa shape index (κ3) is 1.54. The van der Waals surface area contributed by atoms with Crippen molar-refractivity contribution >= 4 is 0 Å². The van der Waals surface area contributed by atoms with Crippen molar-refractivity contribution in [2.24, 2.45) is 11.8 Å². The van der Waals surface area contributed by atoms with E-state index in [0.29, 0.717) is 5.92 Å². The Morgan fingerprint density at radius 3 is 2.46 bits per heavy atom. The van der Waals surface area contributed by atoms with Crippen molar-refractivity contribution in [3.8, 4) is 0 Å². The fraction of sp³-hybridized carbons (Fsp3) is 0.833. The fourth-order valence-corrected chi connectivity index (χ4v) is 3.30. The maximum absolute atomic E-state index is 10.3. The standard InChI is InChI=1S/C12H20O/c1-2-12(13)9-5-8-11(12)10-6-3-4-7-10/h2,10-11,13H,1,3-9H2. The molecule has 0 spiro atoms. The summed E-state index contributed by atoms with van der Waals surface area (Å²) in [5.74, 6) is 1.30. The van der Waals surface area contributed by atoms with Gasteiger partial charge in [0.05, 0.1) is 5.60 Å². The van der Waals surface area contributed by atoms with Crippen molar-refractivity contribution in [2.45, 2.75) is 50.5 Å². The van der Waals surface area contributed by atoms with Crippen molar-refractivity contribution in [2.75, 3.05) is 0 Å². The third-order valence-electron chi connectivity index (χ3n) is 4.06. The average Bonchev–Trinajstić information content (AvgIpc) is 2.73. The highest BCUT2D eigenvalue weighted by molar-refractivity contribution is 5.06. The van der Waals surface area contributed by atoms with Crippen LogP contribution in [0, 0.1) is 11.8 Å². The smallest absolute Gasteiger partial charge is 0.0855 e. The van der Waals surface area contributed by atoms with E-state index in [4.69, 9.17) is 0 Å². The van der Waals surface area contributed by atoms with Gasteiger partial charge in [0.2, 0.25) is 0 Å². The van der Waals surface area contributed by atoms with E-state index in [-0.39, 0.29) is 0 Å². The molecule has 0 aromatic heterocycles. The van der Waals surface area contributed by atoms with Gasteiger partial charge in [-0.1, -0.05) is 31.8 Å². The van der Waals surface area contributed by atoms with E-state index in [1.54, 1.807) is 6.08 Å². The first-order chi connectivity index (χ1) is 6.26. The van der Waals surface area contributed by atoms with E-state index in [2.05, 4.69) is 6.58 Å². The molecule has 2 rings (SSSR count). The summed E-state index contributed by atoms with van der Waals surface area (Å²) in [7, 11) is 0. The van der Waals surface area contributed by atoms with Gasteiger partial charge in [0.25, 0.3) is 0 Å². The van der Waals surface area contributed by atoms with Crippen molar-refractivity contribution in [3.63, 3.8) is 0 Å². The molecule has 13 heavy (non-hydrogen) atoms. The lowest BCUT2D eigenvalue weighted by Crippen LogP contribution is -2.34. The van der Waals surface area contributed by atoms with Gasteiger partial charge in [0, 0.05) is 0 Å². The predicted molar refractivity (Wildman–Crippen MR) is 54.4 cm³/mol. The zero-order valence-corrected chi connectivity index (χ0v) is 8.34. The lowest BCUT2D eigenvalue weighted by atomic mass is 9.80. The van der Waals surface area contributed by atoms with Crippen LogP contribution in [0.3, 0.4) is 0 Å². The van der Waals surface area contributed by atoms with Crippen molar-refractivity contribution in [1.29, 1.82) is 0 Å². The van der Waals surface area contributed by atoms with E-state index in [0.717, 1.165) is 12.3 Å². The van der Waals surface area contributed by atoms with E-state index in [1.165, 1.54) is 38.5 Å². The lowest BCUT2D eigenvalue weighted by Gasteiger charge is -2.31. The zero-order chi connectivity index (χ0) is 9.31. The van der Waals surface area contributed by atoms with Crippen molar-refractivity contribution in [3.05, 3.63) is 12.7 Å². The van der Waals surface area contributed by atoms with Gasteiger partial charge in [0.15, 0.2) is 0 Å². The minimum atomic E-state index is -0.519. The minimum absolute atomic E-state index is 0.519. The van der Waals surface area contributed by atoms with Gasteiger partial charge < -0.3 is 5.11 Å². The van der Waals surface area contributed by atoms with Crippen LogP contribution in [0.25, 0.3) is 0 Å². The van der Waals surface area contributed by atoms with Gasteiger partial charge >= 0.3 is 0 Å². The molecule has 0 aromatic rings. The van der Waals surface area contributed by atoms with Crippen LogP contribution in [0.5, 0.6) is 0 Å². The predicted octanol–water partition coefficient (Wildman–Crippen LogP) is 2.89. The lowest BCUT2D eigenvalue weighted by molar-refractivity contribution is 0.0252. The summed E-state index contributed by atoms with van der Waals surface area (Å²) < 4.78 is 0. The van der Waals surface area contributed by atoms with Gasteiger partial charge in [-0.25, -0.2) is 0 Å². The van der Waals surface area contributed by atoms with Crippen LogP contribution in [0.1, 0.15) is 44.9 Å². The molecule has 0 heterocycles. The summed E-state index contributed by atoms with van der Waals surface area (Å²) in [5.41, 5.74) is -0.519. The Labute approximate surface area is 80.8 Å². The Balaban J connectivity index is 2.08. The molecule has 0 saturated heterocycles. The highest BCUT2D eigenvalue weighted by atomic mass is 16.3. The SMILES string of the molecule is C=CC1(O)CCCC1C1CCCC1. The molecule has 0 radical (unpaired) electrons. The fourth-order valence-electron chi connectivity index (χ4n) is 3.30.